The Morgan fingerprint density at radius 2 is 1.89 bits per heavy atom. The lowest BCUT2D eigenvalue weighted by atomic mass is 9.94. The molecule has 0 spiro atoms. The number of nitrogens with zero attached hydrogens (tertiary/aromatic N) is 1. The van der Waals surface area contributed by atoms with Crippen LogP contribution in [0.2, 0.25) is 5.02 Å². The Kier molecular flexibility index (Phi) is 9.25. The molecule has 0 aliphatic rings. The first kappa shape index (κ1) is 22.7. The molecule has 0 atom stereocenters. The Morgan fingerprint density at radius 3 is 2.54 bits per heavy atom. The molecule has 2 rings (SSSR count). The van der Waals surface area contributed by atoms with Crippen molar-refractivity contribution in [3.8, 4) is 5.75 Å². The van der Waals surface area contributed by atoms with Crippen molar-refractivity contribution in [2.45, 2.75) is 47.9 Å². The molecule has 0 heterocycles. The minimum absolute atomic E-state index is 0.229. The predicted molar refractivity (Wildman–Crippen MR) is 113 cm³/mol. The summed E-state index contributed by atoms with van der Waals surface area (Å²) in [5, 5.41) is 22.1. The third-order valence-corrected chi connectivity index (χ3v) is 5.81. The number of hydrogen-bond donors (Lipinski definition) is 2. The lowest BCUT2D eigenvalue weighted by Gasteiger charge is -2.21. The molecule has 0 saturated carbocycles. The fourth-order valence-electron chi connectivity index (χ4n) is 2.57. The van der Waals surface area contributed by atoms with Crippen LogP contribution in [-0.4, -0.2) is 35.6 Å². The molecule has 0 bridgehead atoms. The number of aliphatic hydroxyl groups excluding tert-OH is 2. The lowest BCUT2D eigenvalue weighted by molar-refractivity contribution is 0.115. The first-order valence-corrected chi connectivity index (χ1v) is 10.5. The van der Waals surface area contributed by atoms with E-state index in [0.29, 0.717) is 18.1 Å². The standard InChI is InChI=1S/C21H26ClNO4S/c1-2-3-11-27-17-5-4-6-18(12-17)28-19-8-7-16(20(22)13-19)9-10-21(14-24,15-25)23-26/h4-8,12-13,24-25H,2-3,9-11,14-15H2,1H3. The maximum absolute atomic E-state index is 10.9. The fraction of sp³-hybridized carbons (Fsp3) is 0.429. The SMILES string of the molecule is CCCCOc1cccc(Sc2ccc(CCC(CO)(CO)N=O)c(Cl)c2)c1. The Morgan fingerprint density at radius 1 is 1.14 bits per heavy atom. The Hall–Kier alpha value is -1.60. The van der Waals surface area contributed by atoms with Crippen LogP contribution in [0, 0.1) is 4.91 Å². The minimum Gasteiger partial charge on any atom is -0.494 e. The normalized spacial score (nSPS) is 11.4. The van der Waals surface area contributed by atoms with Gasteiger partial charge in [-0.05, 0) is 55.2 Å². The number of rotatable bonds is 12. The second-order valence-corrected chi connectivity index (χ2v) is 8.22. The maximum atomic E-state index is 10.9. The van der Waals surface area contributed by atoms with E-state index < -0.39 is 18.8 Å². The van der Waals surface area contributed by atoms with E-state index >= 15 is 0 Å². The molecule has 0 amide bonds. The van der Waals surface area contributed by atoms with Crippen molar-refractivity contribution in [3.63, 3.8) is 0 Å². The summed E-state index contributed by atoms with van der Waals surface area (Å²) in [5.74, 6) is 0.854. The van der Waals surface area contributed by atoms with Crippen molar-refractivity contribution < 1.29 is 14.9 Å². The summed E-state index contributed by atoms with van der Waals surface area (Å²) in [4.78, 5) is 13.0. The van der Waals surface area contributed by atoms with Gasteiger partial charge in [-0.2, -0.15) is 4.91 Å². The van der Waals surface area contributed by atoms with E-state index in [9.17, 15) is 15.1 Å². The molecule has 28 heavy (non-hydrogen) atoms. The van der Waals surface area contributed by atoms with Crippen LogP contribution in [0.25, 0.3) is 0 Å². The van der Waals surface area contributed by atoms with Gasteiger partial charge in [0.15, 0.2) is 0 Å². The molecule has 0 aliphatic heterocycles. The first-order chi connectivity index (χ1) is 13.6. The zero-order valence-electron chi connectivity index (χ0n) is 15.9. The van der Waals surface area contributed by atoms with Crippen LogP contribution >= 0.6 is 23.4 Å². The van der Waals surface area contributed by atoms with Crippen LogP contribution in [0.1, 0.15) is 31.7 Å². The van der Waals surface area contributed by atoms with Crippen LogP contribution < -0.4 is 4.74 Å². The molecule has 7 heteroatoms. The van der Waals surface area contributed by atoms with Crippen molar-refractivity contribution in [2.75, 3.05) is 19.8 Å². The van der Waals surface area contributed by atoms with Crippen LogP contribution in [0.5, 0.6) is 5.75 Å². The molecule has 0 unspecified atom stereocenters. The van der Waals surface area contributed by atoms with E-state index in [4.69, 9.17) is 16.3 Å². The number of halogens is 1. The molecule has 0 radical (unpaired) electrons. The molecule has 0 aromatic heterocycles. The number of unbranched alkanes of at least 4 members (excludes halogenated alkanes) is 1. The van der Waals surface area contributed by atoms with Gasteiger partial charge in [0.1, 0.15) is 11.3 Å². The van der Waals surface area contributed by atoms with Crippen LogP contribution in [0.4, 0.5) is 0 Å². The summed E-state index contributed by atoms with van der Waals surface area (Å²) < 4.78 is 5.75. The van der Waals surface area contributed by atoms with Gasteiger partial charge in [-0.1, -0.05) is 54.0 Å². The largest absolute Gasteiger partial charge is 0.494 e. The van der Waals surface area contributed by atoms with Gasteiger partial charge < -0.3 is 14.9 Å². The number of hydrogen-bond acceptors (Lipinski definition) is 6. The monoisotopic (exact) mass is 423 g/mol. The van der Waals surface area contributed by atoms with Crippen molar-refractivity contribution in [2.24, 2.45) is 5.18 Å². The molecule has 2 aromatic rings. The summed E-state index contributed by atoms with van der Waals surface area (Å²) >= 11 is 7.99. The molecule has 5 nitrogen and oxygen atoms in total. The van der Waals surface area contributed by atoms with Crippen LogP contribution in [0.3, 0.4) is 0 Å². The van der Waals surface area contributed by atoms with Gasteiger partial charge in [0.2, 0.25) is 0 Å². The molecule has 0 aliphatic carbocycles. The zero-order valence-corrected chi connectivity index (χ0v) is 17.5. The van der Waals surface area contributed by atoms with Crippen molar-refractivity contribution in [3.05, 3.63) is 58.0 Å². The average Bonchev–Trinajstić information content (AvgIpc) is 2.71. The quantitative estimate of drug-likeness (QED) is 0.367. The summed E-state index contributed by atoms with van der Waals surface area (Å²) in [6.07, 6.45) is 2.80. The van der Waals surface area contributed by atoms with Crippen molar-refractivity contribution in [1.82, 2.24) is 0 Å². The second kappa shape index (κ2) is 11.4. The summed E-state index contributed by atoms with van der Waals surface area (Å²) in [6.45, 7) is 1.86. The predicted octanol–water partition coefficient (Wildman–Crippen LogP) is 5.09. The van der Waals surface area contributed by atoms with Crippen LogP contribution in [0.15, 0.2) is 57.4 Å². The molecule has 0 saturated heterocycles. The third-order valence-electron chi connectivity index (χ3n) is 4.47. The second-order valence-electron chi connectivity index (χ2n) is 6.66. The molecular formula is C21H26ClNO4S. The fourth-order valence-corrected chi connectivity index (χ4v) is 3.82. The number of aryl methyl sites for hydroxylation is 1. The minimum atomic E-state index is -1.37. The van der Waals surface area contributed by atoms with Gasteiger partial charge in [0.05, 0.1) is 19.8 Å². The highest BCUT2D eigenvalue weighted by molar-refractivity contribution is 7.99. The van der Waals surface area contributed by atoms with E-state index in [0.717, 1.165) is 33.9 Å². The lowest BCUT2D eigenvalue weighted by Crippen LogP contribution is -2.35. The highest BCUT2D eigenvalue weighted by Crippen LogP contribution is 2.33. The van der Waals surface area contributed by atoms with Gasteiger partial charge >= 0.3 is 0 Å². The summed E-state index contributed by atoms with van der Waals surface area (Å²) in [5.41, 5.74) is -0.521. The van der Waals surface area contributed by atoms with Gasteiger partial charge in [-0.3, -0.25) is 0 Å². The first-order valence-electron chi connectivity index (χ1n) is 9.31. The van der Waals surface area contributed by atoms with Gasteiger partial charge in [0, 0.05) is 14.8 Å². The van der Waals surface area contributed by atoms with Crippen molar-refractivity contribution in [1.29, 1.82) is 0 Å². The smallest absolute Gasteiger partial charge is 0.149 e. The maximum Gasteiger partial charge on any atom is 0.149 e. The van der Waals surface area contributed by atoms with E-state index in [1.165, 1.54) is 0 Å². The van der Waals surface area contributed by atoms with Crippen molar-refractivity contribution >= 4 is 23.4 Å². The third kappa shape index (κ3) is 6.48. The van der Waals surface area contributed by atoms with E-state index in [2.05, 4.69) is 12.1 Å². The van der Waals surface area contributed by atoms with E-state index in [-0.39, 0.29) is 6.42 Å². The Bertz CT molecular complexity index is 768. The zero-order chi connectivity index (χ0) is 20.4. The number of aliphatic hydroxyl groups is 2. The molecular weight excluding hydrogens is 398 g/mol. The van der Waals surface area contributed by atoms with E-state index in [1.54, 1.807) is 11.8 Å². The number of benzene rings is 2. The molecule has 2 N–H and O–H groups in total. The highest BCUT2D eigenvalue weighted by atomic mass is 35.5. The summed E-state index contributed by atoms with van der Waals surface area (Å²) in [6, 6.07) is 13.7. The van der Waals surface area contributed by atoms with E-state index in [1.807, 2.05) is 42.5 Å². The highest BCUT2D eigenvalue weighted by Gasteiger charge is 2.30. The van der Waals surface area contributed by atoms with Gasteiger partial charge in [-0.15, -0.1) is 0 Å². The van der Waals surface area contributed by atoms with Gasteiger partial charge in [0.25, 0.3) is 0 Å². The number of nitroso groups, excluding NO2 is 1. The number of ether oxygens (including phenoxy) is 1. The topological polar surface area (TPSA) is 79.1 Å². The summed E-state index contributed by atoms with van der Waals surface area (Å²) in [7, 11) is 0. The van der Waals surface area contributed by atoms with Crippen LogP contribution in [-0.2, 0) is 6.42 Å². The Labute approximate surface area is 175 Å². The molecule has 0 fully saturated rings. The van der Waals surface area contributed by atoms with Gasteiger partial charge in [-0.25, -0.2) is 0 Å². The molecule has 152 valence electrons. The molecule has 2 aromatic carbocycles. The average molecular weight is 424 g/mol. The Balaban J connectivity index is 2.02.